The van der Waals surface area contributed by atoms with Crippen LogP contribution in [0.5, 0.6) is 0 Å². The predicted octanol–water partition coefficient (Wildman–Crippen LogP) is 3.23. The van der Waals surface area contributed by atoms with E-state index in [1.165, 1.54) is 12.3 Å². The van der Waals surface area contributed by atoms with E-state index in [0.717, 1.165) is 0 Å². The zero-order valence-corrected chi connectivity index (χ0v) is 12.2. The number of sulfonamides is 1. The fraction of sp³-hybridized carbons (Fsp3) is 0.182. The van der Waals surface area contributed by atoms with E-state index in [-0.39, 0.29) is 11.6 Å². The monoisotopic (exact) mass is 320 g/mol. The Hall–Kier alpha value is -1.24. The van der Waals surface area contributed by atoms with Gasteiger partial charge >= 0.3 is 0 Å². The Morgan fingerprint density at radius 1 is 1.32 bits per heavy atom. The summed E-state index contributed by atoms with van der Waals surface area (Å²) in [6.07, 6.45) is 1.36. The van der Waals surface area contributed by atoms with Crippen LogP contribution in [0.1, 0.15) is 11.1 Å². The zero-order valence-electron chi connectivity index (χ0n) is 9.85. The maximum absolute atomic E-state index is 11.9. The molecule has 0 fully saturated rings. The molecule has 0 amide bonds. The van der Waals surface area contributed by atoms with Crippen LogP contribution < -0.4 is 4.72 Å². The number of hydrogen-bond acceptors (Lipinski definition) is 4. The second-order valence-corrected chi connectivity index (χ2v) is 6.49. The van der Waals surface area contributed by atoms with Crippen LogP contribution in [0.3, 0.4) is 0 Å². The second-order valence-electron chi connectivity index (χ2n) is 3.96. The molecule has 0 unspecified atom stereocenters. The van der Waals surface area contributed by atoms with E-state index in [2.05, 4.69) is 14.4 Å². The molecule has 0 saturated carbocycles. The molecule has 2 rings (SSSR count). The average molecular weight is 321 g/mol. The van der Waals surface area contributed by atoms with Gasteiger partial charge in [0.05, 0.1) is 15.8 Å². The minimum atomic E-state index is -3.58. The van der Waals surface area contributed by atoms with E-state index >= 15 is 0 Å². The van der Waals surface area contributed by atoms with E-state index in [0.29, 0.717) is 21.2 Å². The van der Waals surface area contributed by atoms with E-state index in [4.69, 9.17) is 23.2 Å². The molecule has 0 aliphatic carbocycles. The van der Waals surface area contributed by atoms with Crippen molar-refractivity contribution in [2.24, 2.45) is 0 Å². The normalized spacial score (nSPS) is 11.5. The molecule has 0 saturated heterocycles. The third-order valence-corrected chi connectivity index (χ3v) is 4.30. The fourth-order valence-corrected chi connectivity index (χ4v) is 2.92. The summed E-state index contributed by atoms with van der Waals surface area (Å²) in [6, 6.07) is 4.66. The summed E-state index contributed by atoms with van der Waals surface area (Å²) in [6.45, 7) is 1.69. The third-order valence-electron chi connectivity index (χ3n) is 2.34. The predicted molar refractivity (Wildman–Crippen MR) is 73.9 cm³/mol. The molecular weight excluding hydrogens is 311 g/mol. The van der Waals surface area contributed by atoms with Gasteiger partial charge in [0, 0.05) is 5.56 Å². The Bertz CT molecular complexity index is 698. The molecule has 0 spiro atoms. The molecule has 1 aromatic heterocycles. The van der Waals surface area contributed by atoms with Gasteiger partial charge in [0.2, 0.25) is 10.0 Å². The van der Waals surface area contributed by atoms with Crippen molar-refractivity contribution in [1.29, 1.82) is 0 Å². The fourth-order valence-electron chi connectivity index (χ4n) is 1.42. The van der Waals surface area contributed by atoms with Gasteiger partial charge in [-0.3, -0.25) is 4.72 Å². The van der Waals surface area contributed by atoms with Crippen LogP contribution in [0, 0.1) is 6.92 Å². The highest BCUT2D eigenvalue weighted by molar-refractivity contribution is 7.91. The molecule has 0 aliphatic heterocycles. The smallest absolute Gasteiger partial charge is 0.238 e. The summed E-state index contributed by atoms with van der Waals surface area (Å²) >= 11 is 11.6. The molecular formula is C11H10Cl2N2O3S. The second kappa shape index (κ2) is 5.40. The van der Waals surface area contributed by atoms with Crippen LogP contribution in [0.25, 0.3) is 0 Å². The molecule has 1 aromatic carbocycles. The molecule has 1 N–H and O–H groups in total. The van der Waals surface area contributed by atoms with Gasteiger partial charge in [-0.2, -0.15) is 0 Å². The summed E-state index contributed by atoms with van der Waals surface area (Å²) in [4.78, 5) is 0. The zero-order chi connectivity index (χ0) is 14.0. The number of hydrogen-bond donors (Lipinski definition) is 1. The standard InChI is InChI=1S/C11H10Cl2N2O3S/c1-7-5-18-14-11(7)15-19(16,17)6-8-2-3-9(12)10(13)4-8/h2-5H,6H2,1H3,(H,14,15). The van der Waals surface area contributed by atoms with Gasteiger partial charge in [-0.1, -0.05) is 34.4 Å². The molecule has 0 radical (unpaired) electrons. The lowest BCUT2D eigenvalue weighted by atomic mass is 10.2. The van der Waals surface area contributed by atoms with Gasteiger partial charge < -0.3 is 4.52 Å². The summed E-state index contributed by atoms with van der Waals surface area (Å²) in [5.74, 6) is -0.0454. The first kappa shape index (κ1) is 14.2. The number of benzene rings is 1. The van der Waals surface area contributed by atoms with Crippen molar-refractivity contribution in [1.82, 2.24) is 5.16 Å². The Morgan fingerprint density at radius 2 is 2.05 bits per heavy atom. The van der Waals surface area contributed by atoms with Crippen LogP contribution in [-0.2, 0) is 15.8 Å². The van der Waals surface area contributed by atoms with Gasteiger partial charge in [0.15, 0.2) is 5.82 Å². The maximum Gasteiger partial charge on any atom is 0.238 e. The van der Waals surface area contributed by atoms with Crippen molar-refractivity contribution >= 4 is 39.0 Å². The minimum absolute atomic E-state index is 0.181. The highest BCUT2D eigenvalue weighted by atomic mass is 35.5. The molecule has 0 bridgehead atoms. The number of nitrogens with zero attached hydrogens (tertiary/aromatic N) is 1. The number of aryl methyl sites for hydroxylation is 1. The Kier molecular flexibility index (Phi) is 4.03. The molecule has 0 aliphatic rings. The molecule has 0 atom stereocenters. The molecule has 2 aromatic rings. The number of rotatable bonds is 4. The average Bonchev–Trinajstić information content (AvgIpc) is 2.68. The Morgan fingerprint density at radius 3 is 2.63 bits per heavy atom. The lowest BCUT2D eigenvalue weighted by molar-refractivity contribution is 0.422. The van der Waals surface area contributed by atoms with Crippen molar-refractivity contribution in [3.8, 4) is 0 Å². The van der Waals surface area contributed by atoms with E-state index in [9.17, 15) is 8.42 Å². The number of nitrogens with one attached hydrogen (secondary N) is 1. The SMILES string of the molecule is Cc1conc1NS(=O)(=O)Cc1ccc(Cl)c(Cl)c1. The van der Waals surface area contributed by atoms with Crippen molar-refractivity contribution in [3.63, 3.8) is 0 Å². The first-order valence-electron chi connectivity index (χ1n) is 5.23. The molecule has 5 nitrogen and oxygen atoms in total. The Balaban J connectivity index is 2.17. The highest BCUT2D eigenvalue weighted by Gasteiger charge is 2.15. The van der Waals surface area contributed by atoms with Gasteiger partial charge in [0.25, 0.3) is 0 Å². The van der Waals surface area contributed by atoms with Gasteiger partial charge in [-0.25, -0.2) is 8.42 Å². The lowest BCUT2D eigenvalue weighted by Crippen LogP contribution is -2.15. The van der Waals surface area contributed by atoms with Gasteiger partial charge in [-0.15, -0.1) is 0 Å². The number of halogens is 2. The van der Waals surface area contributed by atoms with Gasteiger partial charge in [0.1, 0.15) is 6.26 Å². The van der Waals surface area contributed by atoms with Crippen molar-refractivity contribution in [3.05, 3.63) is 45.6 Å². The topological polar surface area (TPSA) is 72.2 Å². The van der Waals surface area contributed by atoms with Gasteiger partial charge in [-0.05, 0) is 24.6 Å². The number of aromatic nitrogens is 1. The Labute approximate surface area is 120 Å². The largest absolute Gasteiger partial charge is 0.362 e. The summed E-state index contributed by atoms with van der Waals surface area (Å²) in [5.41, 5.74) is 1.14. The van der Waals surface area contributed by atoms with Crippen LogP contribution in [-0.4, -0.2) is 13.6 Å². The van der Waals surface area contributed by atoms with Crippen molar-refractivity contribution in [2.45, 2.75) is 12.7 Å². The quantitative estimate of drug-likeness (QED) is 0.938. The summed E-state index contributed by atoms with van der Waals surface area (Å²) < 4.78 is 30.9. The van der Waals surface area contributed by atoms with Crippen LogP contribution in [0.15, 0.2) is 29.0 Å². The van der Waals surface area contributed by atoms with E-state index < -0.39 is 10.0 Å². The maximum atomic E-state index is 11.9. The number of anilines is 1. The van der Waals surface area contributed by atoms with Crippen molar-refractivity contribution in [2.75, 3.05) is 4.72 Å². The van der Waals surface area contributed by atoms with Crippen LogP contribution in [0.2, 0.25) is 10.0 Å². The molecule has 19 heavy (non-hydrogen) atoms. The minimum Gasteiger partial charge on any atom is -0.362 e. The lowest BCUT2D eigenvalue weighted by Gasteiger charge is -2.06. The first-order chi connectivity index (χ1) is 8.87. The van der Waals surface area contributed by atoms with E-state index in [1.807, 2.05) is 0 Å². The van der Waals surface area contributed by atoms with Crippen LogP contribution in [0.4, 0.5) is 5.82 Å². The van der Waals surface area contributed by atoms with E-state index in [1.54, 1.807) is 19.1 Å². The summed E-state index contributed by atoms with van der Waals surface area (Å²) in [7, 11) is -3.58. The van der Waals surface area contributed by atoms with Crippen molar-refractivity contribution < 1.29 is 12.9 Å². The first-order valence-corrected chi connectivity index (χ1v) is 7.63. The molecule has 8 heteroatoms. The molecule has 102 valence electrons. The highest BCUT2D eigenvalue weighted by Crippen LogP contribution is 2.24. The summed E-state index contributed by atoms with van der Waals surface area (Å²) in [5, 5.41) is 4.25. The third kappa shape index (κ3) is 3.62. The molecule has 1 heterocycles. The van der Waals surface area contributed by atoms with Crippen LogP contribution >= 0.6 is 23.2 Å².